The van der Waals surface area contributed by atoms with Crippen molar-refractivity contribution in [2.75, 3.05) is 5.32 Å². The maximum Gasteiger partial charge on any atom is 0.247 e. The van der Waals surface area contributed by atoms with Crippen molar-refractivity contribution in [1.82, 2.24) is 15.2 Å². The smallest absolute Gasteiger partial charge is 0.247 e. The number of halogens is 1. The Kier molecular flexibility index (Phi) is 5.61. The molecule has 1 aliphatic heterocycles. The Hall–Kier alpha value is -2.90. The van der Waals surface area contributed by atoms with Gasteiger partial charge in [-0.2, -0.15) is 4.98 Å². The molecule has 0 radical (unpaired) electrons. The number of aryl methyl sites for hydroxylation is 1. The molecule has 5 nitrogen and oxygen atoms in total. The third-order valence-electron chi connectivity index (χ3n) is 5.01. The van der Waals surface area contributed by atoms with E-state index in [9.17, 15) is 0 Å². The highest BCUT2D eigenvalue weighted by atomic mass is 79.9. The summed E-state index contributed by atoms with van der Waals surface area (Å²) in [4.78, 5) is 4.72. The normalized spacial score (nSPS) is 14.6. The van der Waals surface area contributed by atoms with Gasteiger partial charge in [-0.25, -0.2) is 0 Å². The van der Waals surface area contributed by atoms with Crippen molar-refractivity contribution in [2.45, 2.75) is 24.1 Å². The molecule has 0 amide bonds. The molecule has 2 heterocycles. The van der Waals surface area contributed by atoms with E-state index in [0.29, 0.717) is 16.7 Å². The number of nitrogens with one attached hydrogen (secondary N) is 1. The van der Waals surface area contributed by atoms with E-state index < -0.39 is 6.23 Å². The minimum Gasteiger partial charge on any atom is -0.448 e. The van der Waals surface area contributed by atoms with Gasteiger partial charge in [-0.3, -0.25) is 0 Å². The molecule has 1 atom stereocenters. The first-order valence-electron chi connectivity index (χ1n) is 9.87. The first-order chi connectivity index (χ1) is 15.2. The first kappa shape index (κ1) is 20.0. The fourth-order valence-electron chi connectivity index (χ4n) is 3.37. The number of anilines is 1. The van der Waals surface area contributed by atoms with Crippen molar-refractivity contribution in [1.29, 1.82) is 0 Å². The molecule has 31 heavy (non-hydrogen) atoms. The van der Waals surface area contributed by atoms with Gasteiger partial charge in [0.05, 0.1) is 0 Å². The standard InChI is InChI=1S/C24H19BrN4OS/c1-15-10-12-16(13-11-15)14-31-24-27-23-21(28-29-24)18-7-3-5-9-20(18)26-22(30-23)17-6-2-4-8-19(17)25/h2-13,22,26H,14H2,1H3/t22-/m1/s1. The number of aromatic nitrogens is 3. The van der Waals surface area contributed by atoms with Gasteiger partial charge in [-0.05, 0) is 24.6 Å². The highest BCUT2D eigenvalue weighted by Crippen LogP contribution is 2.40. The van der Waals surface area contributed by atoms with Crippen LogP contribution in [0.2, 0.25) is 0 Å². The van der Waals surface area contributed by atoms with Crippen LogP contribution >= 0.6 is 27.7 Å². The predicted octanol–water partition coefficient (Wildman–Crippen LogP) is 6.40. The molecule has 3 aromatic carbocycles. The maximum atomic E-state index is 6.35. The van der Waals surface area contributed by atoms with Crippen LogP contribution in [-0.2, 0) is 5.75 Å². The van der Waals surface area contributed by atoms with E-state index >= 15 is 0 Å². The van der Waals surface area contributed by atoms with Crippen LogP contribution in [0.3, 0.4) is 0 Å². The zero-order valence-electron chi connectivity index (χ0n) is 16.7. The van der Waals surface area contributed by atoms with E-state index in [2.05, 4.69) is 62.6 Å². The summed E-state index contributed by atoms with van der Waals surface area (Å²) in [7, 11) is 0. The highest BCUT2D eigenvalue weighted by Gasteiger charge is 2.27. The van der Waals surface area contributed by atoms with Gasteiger partial charge in [0.25, 0.3) is 0 Å². The second kappa shape index (κ2) is 8.69. The number of benzene rings is 3. The van der Waals surface area contributed by atoms with Gasteiger partial charge in [0.15, 0.2) is 11.9 Å². The van der Waals surface area contributed by atoms with E-state index in [-0.39, 0.29) is 0 Å². The summed E-state index contributed by atoms with van der Waals surface area (Å²) in [5, 5.41) is 12.9. The van der Waals surface area contributed by atoms with Crippen molar-refractivity contribution in [3.63, 3.8) is 0 Å². The Morgan fingerprint density at radius 1 is 0.968 bits per heavy atom. The van der Waals surface area contributed by atoms with Crippen molar-refractivity contribution in [3.05, 3.63) is 94.0 Å². The molecular weight excluding hydrogens is 472 g/mol. The quantitative estimate of drug-likeness (QED) is 0.333. The maximum absolute atomic E-state index is 6.35. The Labute approximate surface area is 193 Å². The van der Waals surface area contributed by atoms with Gasteiger partial charge < -0.3 is 10.1 Å². The number of rotatable bonds is 4. The molecule has 0 saturated heterocycles. The lowest BCUT2D eigenvalue weighted by Crippen LogP contribution is -2.17. The van der Waals surface area contributed by atoms with E-state index in [0.717, 1.165) is 27.0 Å². The van der Waals surface area contributed by atoms with Crippen LogP contribution in [0.4, 0.5) is 5.69 Å². The molecule has 4 aromatic rings. The fourth-order valence-corrected chi connectivity index (χ4v) is 4.60. The molecule has 5 rings (SSSR count). The summed E-state index contributed by atoms with van der Waals surface area (Å²) in [6, 6.07) is 24.4. The predicted molar refractivity (Wildman–Crippen MR) is 127 cm³/mol. The molecule has 7 heteroatoms. The Bertz CT molecular complexity index is 1230. The van der Waals surface area contributed by atoms with E-state index in [1.807, 2.05) is 48.5 Å². The van der Waals surface area contributed by atoms with Crippen LogP contribution in [-0.4, -0.2) is 15.2 Å². The van der Waals surface area contributed by atoms with E-state index in [1.165, 1.54) is 11.1 Å². The third kappa shape index (κ3) is 4.29. The molecule has 154 valence electrons. The number of para-hydroxylation sites is 1. The van der Waals surface area contributed by atoms with Gasteiger partial charge >= 0.3 is 0 Å². The molecule has 0 unspecified atom stereocenters. The minimum atomic E-state index is -0.412. The zero-order valence-corrected chi connectivity index (χ0v) is 19.2. The van der Waals surface area contributed by atoms with Crippen LogP contribution in [0.25, 0.3) is 11.3 Å². The number of ether oxygens (including phenoxy) is 1. The van der Waals surface area contributed by atoms with Gasteiger partial charge in [-0.15, -0.1) is 10.2 Å². The summed E-state index contributed by atoms with van der Waals surface area (Å²) >= 11 is 5.18. The van der Waals surface area contributed by atoms with Crippen molar-refractivity contribution in [2.24, 2.45) is 0 Å². The van der Waals surface area contributed by atoms with E-state index in [1.54, 1.807) is 11.8 Å². The summed E-state index contributed by atoms with van der Waals surface area (Å²) in [5.41, 5.74) is 5.93. The van der Waals surface area contributed by atoms with Crippen LogP contribution in [0.5, 0.6) is 5.88 Å². The average molecular weight is 491 g/mol. The molecular formula is C24H19BrN4OS. The zero-order chi connectivity index (χ0) is 21.2. The lowest BCUT2D eigenvalue weighted by atomic mass is 10.1. The van der Waals surface area contributed by atoms with Crippen LogP contribution in [0.15, 0.2) is 82.4 Å². The molecule has 0 fully saturated rings. The summed E-state index contributed by atoms with van der Waals surface area (Å²) < 4.78 is 7.31. The second-order valence-electron chi connectivity index (χ2n) is 7.23. The van der Waals surface area contributed by atoms with Crippen molar-refractivity contribution >= 4 is 33.4 Å². The van der Waals surface area contributed by atoms with E-state index in [4.69, 9.17) is 9.72 Å². The monoisotopic (exact) mass is 490 g/mol. The number of nitrogens with zero attached hydrogens (tertiary/aromatic N) is 3. The van der Waals surface area contributed by atoms with Crippen LogP contribution in [0, 0.1) is 6.92 Å². The Morgan fingerprint density at radius 3 is 2.58 bits per heavy atom. The van der Waals surface area contributed by atoms with Gasteiger partial charge in [0, 0.05) is 27.0 Å². The molecule has 1 N–H and O–H groups in total. The summed E-state index contributed by atoms with van der Waals surface area (Å²) in [5.74, 6) is 1.24. The average Bonchev–Trinajstić information content (AvgIpc) is 2.95. The fraction of sp³-hybridized carbons (Fsp3) is 0.125. The third-order valence-corrected chi connectivity index (χ3v) is 6.64. The topological polar surface area (TPSA) is 59.9 Å². The number of hydrogen-bond donors (Lipinski definition) is 1. The van der Waals surface area contributed by atoms with Gasteiger partial charge in [0.2, 0.25) is 11.0 Å². The van der Waals surface area contributed by atoms with Crippen molar-refractivity contribution in [3.8, 4) is 17.1 Å². The molecule has 0 saturated carbocycles. The lowest BCUT2D eigenvalue weighted by molar-refractivity contribution is 0.224. The number of hydrogen-bond acceptors (Lipinski definition) is 6. The molecule has 0 aliphatic carbocycles. The lowest BCUT2D eigenvalue weighted by Gasteiger charge is -2.20. The molecule has 1 aromatic heterocycles. The van der Waals surface area contributed by atoms with Gasteiger partial charge in [-0.1, -0.05) is 93.9 Å². The van der Waals surface area contributed by atoms with Crippen molar-refractivity contribution < 1.29 is 4.74 Å². The second-order valence-corrected chi connectivity index (χ2v) is 9.03. The Morgan fingerprint density at radius 2 is 1.74 bits per heavy atom. The summed E-state index contributed by atoms with van der Waals surface area (Å²) in [6.45, 7) is 2.08. The van der Waals surface area contributed by atoms with Crippen LogP contribution < -0.4 is 10.1 Å². The van der Waals surface area contributed by atoms with Crippen LogP contribution in [0.1, 0.15) is 22.9 Å². The number of fused-ring (bicyclic) bond motifs is 3. The highest BCUT2D eigenvalue weighted by molar-refractivity contribution is 9.10. The molecule has 0 spiro atoms. The SMILES string of the molecule is Cc1ccc(CSc2nnc3c(n2)O[C@H](c2ccccc2Br)Nc2ccccc2-3)cc1. The summed E-state index contributed by atoms with van der Waals surface area (Å²) in [6.07, 6.45) is -0.412. The minimum absolute atomic E-state index is 0.412. The molecule has 0 bridgehead atoms. The number of thioether (sulfide) groups is 1. The Balaban J connectivity index is 1.49. The first-order valence-corrected chi connectivity index (χ1v) is 11.7. The van der Waals surface area contributed by atoms with Gasteiger partial charge in [0.1, 0.15) is 0 Å². The molecule has 1 aliphatic rings. The largest absolute Gasteiger partial charge is 0.448 e.